The third kappa shape index (κ3) is 4.73. The van der Waals surface area contributed by atoms with Crippen LogP contribution in [0.5, 0.6) is 0 Å². The second-order valence-corrected chi connectivity index (χ2v) is 16.9. The zero-order valence-electron chi connectivity index (χ0n) is 24.8. The van der Waals surface area contributed by atoms with Crippen LogP contribution in [0.25, 0.3) is 0 Å². The average Bonchev–Trinajstić information content (AvgIpc) is 3.73. The van der Waals surface area contributed by atoms with Crippen molar-refractivity contribution in [2.45, 2.75) is 150 Å². The number of halogens is 1. The van der Waals surface area contributed by atoms with Crippen molar-refractivity contribution in [1.82, 2.24) is 42.5 Å². The molecule has 9 heteroatoms. The molecule has 5 heterocycles. The first kappa shape index (κ1) is 27.5. The Morgan fingerprint density at radius 3 is 0.902 bits per heavy atom. The van der Waals surface area contributed by atoms with Crippen LogP contribution in [0.3, 0.4) is 0 Å². The van der Waals surface area contributed by atoms with E-state index in [1.807, 2.05) is 0 Å². The minimum absolute atomic E-state index is 0.350. The van der Waals surface area contributed by atoms with Crippen LogP contribution < -0.4 is 42.5 Å². The van der Waals surface area contributed by atoms with Crippen molar-refractivity contribution in [3.05, 3.63) is 0 Å². The van der Waals surface area contributed by atoms with E-state index in [0.29, 0.717) is 66.0 Å². The van der Waals surface area contributed by atoms with E-state index in [1.165, 1.54) is 96.3 Å². The van der Waals surface area contributed by atoms with Crippen molar-refractivity contribution < 1.29 is 0 Å². The highest BCUT2D eigenvalue weighted by molar-refractivity contribution is 9.09. The average molecular weight is 632 g/mol. The van der Waals surface area contributed by atoms with Gasteiger partial charge in [-0.05, 0) is 92.8 Å². The van der Waals surface area contributed by atoms with Crippen LogP contribution in [-0.4, -0.2) is 54.2 Å². The van der Waals surface area contributed by atoms with E-state index in [4.69, 9.17) is 0 Å². The van der Waals surface area contributed by atoms with E-state index in [0.717, 1.165) is 35.5 Å². The van der Waals surface area contributed by atoms with Crippen LogP contribution in [0, 0.1) is 47.3 Å². The maximum atomic E-state index is 4.26. The summed E-state index contributed by atoms with van der Waals surface area (Å²) >= 11 is 4.20. The second-order valence-electron chi connectivity index (χ2n) is 15.7. The monoisotopic (exact) mass is 630 g/mol. The van der Waals surface area contributed by atoms with Gasteiger partial charge in [0.05, 0.1) is 49.3 Å². The first-order valence-electron chi connectivity index (χ1n) is 17.9. The molecule has 8 bridgehead atoms. The lowest BCUT2D eigenvalue weighted by atomic mass is 9.76. The van der Waals surface area contributed by atoms with Gasteiger partial charge in [0, 0.05) is 10.7 Å². The fourth-order valence-electron chi connectivity index (χ4n) is 12.0. The smallest absolute Gasteiger partial charge is 0.0639 e. The first-order valence-corrected chi connectivity index (χ1v) is 18.9. The maximum absolute atomic E-state index is 4.26. The van der Waals surface area contributed by atoms with Gasteiger partial charge in [0.2, 0.25) is 0 Å². The summed E-state index contributed by atoms with van der Waals surface area (Å²) in [6.07, 6.45) is 23.7. The second kappa shape index (κ2) is 11.2. The van der Waals surface area contributed by atoms with Crippen molar-refractivity contribution in [2.75, 3.05) is 0 Å². The molecule has 0 amide bonds. The third-order valence-electron chi connectivity index (χ3n) is 13.8. The number of fused-ring (bicyclic) bond motifs is 20. The molecule has 9 fully saturated rings. The van der Waals surface area contributed by atoms with Gasteiger partial charge in [-0.2, -0.15) is 0 Å². The van der Waals surface area contributed by atoms with E-state index < -0.39 is 0 Å². The molecule has 4 saturated carbocycles. The normalized spacial score (nSPS) is 58.3. The van der Waals surface area contributed by atoms with Crippen molar-refractivity contribution in [3.63, 3.8) is 0 Å². The predicted octanol–water partition coefficient (Wildman–Crippen LogP) is 2.98. The standard InChI is InChI=1S/C32H55BrN8/c33-23-15-7-14-22-24(23)32-40-30-21-13-6-5-12-20(21)28(38-30)36-26-17-9-2-1-8-16(17)25(34-26)35-27-18-10-3-4-11-19(18)29(37-27)39-31(22)41-32/h16-32,34-41H,1-15H2. The molecule has 230 valence electrons. The van der Waals surface area contributed by atoms with Crippen LogP contribution in [0.4, 0.5) is 0 Å². The lowest BCUT2D eigenvalue weighted by molar-refractivity contribution is 0.169. The lowest BCUT2D eigenvalue weighted by Gasteiger charge is -2.37. The highest BCUT2D eigenvalue weighted by Crippen LogP contribution is 2.46. The molecule has 5 saturated heterocycles. The summed E-state index contributed by atoms with van der Waals surface area (Å²) < 4.78 is 0. The summed E-state index contributed by atoms with van der Waals surface area (Å²) in [7, 11) is 0. The molecule has 0 aromatic heterocycles. The van der Waals surface area contributed by atoms with Gasteiger partial charge in [-0.15, -0.1) is 0 Å². The molecule has 4 aliphatic carbocycles. The van der Waals surface area contributed by atoms with Gasteiger partial charge in [0.15, 0.2) is 0 Å². The number of hydrogen-bond donors (Lipinski definition) is 8. The summed E-state index contributed by atoms with van der Waals surface area (Å²) in [5, 5.41) is 33.8. The molecule has 8 N–H and O–H groups in total. The fraction of sp³-hybridized carbons (Fsp3) is 1.00. The Morgan fingerprint density at radius 2 is 0.561 bits per heavy atom. The summed E-state index contributed by atoms with van der Waals surface area (Å²) in [6, 6.07) is 0. The zero-order valence-corrected chi connectivity index (χ0v) is 26.4. The van der Waals surface area contributed by atoms with Crippen molar-refractivity contribution in [2.24, 2.45) is 47.3 Å². The summed E-state index contributed by atoms with van der Waals surface area (Å²) in [5.74, 6) is 5.69. The van der Waals surface area contributed by atoms with E-state index in [-0.39, 0.29) is 0 Å². The number of nitrogens with one attached hydrogen (secondary N) is 8. The van der Waals surface area contributed by atoms with E-state index >= 15 is 0 Å². The quantitative estimate of drug-likeness (QED) is 0.194. The van der Waals surface area contributed by atoms with Crippen LogP contribution in [0.1, 0.15) is 96.3 Å². The molecule has 0 spiro atoms. The Hall–Kier alpha value is 0.160. The van der Waals surface area contributed by atoms with Gasteiger partial charge < -0.3 is 0 Å². The van der Waals surface area contributed by atoms with Crippen LogP contribution in [0.2, 0.25) is 0 Å². The Bertz CT molecular complexity index is 953. The van der Waals surface area contributed by atoms with Gasteiger partial charge in [-0.25, -0.2) is 0 Å². The van der Waals surface area contributed by atoms with E-state index in [2.05, 4.69) is 58.5 Å². The number of alkyl halides is 1. The number of hydrogen-bond acceptors (Lipinski definition) is 8. The minimum atomic E-state index is 0.350. The first-order chi connectivity index (χ1) is 20.2. The third-order valence-corrected chi connectivity index (χ3v) is 14.9. The van der Waals surface area contributed by atoms with Crippen molar-refractivity contribution in [1.29, 1.82) is 0 Å². The van der Waals surface area contributed by atoms with E-state index in [9.17, 15) is 0 Å². The Kier molecular flexibility index (Phi) is 7.50. The van der Waals surface area contributed by atoms with Gasteiger partial charge in [-0.3, -0.25) is 42.5 Å². The summed E-state index contributed by atoms with van der Waals surface area (Å²) in [6.45, 7) is 0. The minimum Gasteiger partial charge on any atom is -0.286 e. The zero-order chi connectivity index (χ0) is 27.1. The van der Waals surface area contributed by atoms with Crippen molar-refractivity contribution in [3.8, 4) is 0 Å². The molecule has 8 nitrogen and oxygen atoms in total. The summed E-state index contributed by atoms with van der Waals surface area (Å²) in [4.78, 5) is 0.592. The molecule has 0 aromatic carbocycles. The molecule has 9 rings (SSSR count). The van der Waals surface area contributed by atoms with Crippen LogP contribution >= 0.6 is 15.9 Å². The fourth-order valence-corrected chi connectivity index (χ4v) is 13.0. The highest BCUT2D eigenvalue weighted by atomic mass is 79.9. The predicted molar refractivity (Wildman–Crippen MR) is 165 cm³/mol. The summed E-state index contributed by atoms with van der Waals surface area (Å²) in [5.41, 5.74) is 0. The molecule has 5 aliphatic heterocycles. The molecule has 9 aliphatic rings. The Morgan fingerprint density at radius 1 is 0.293 bits per heavy atom. The van der Waals surface area contributed by atoms with Gasteiger partial charge >= 0.3 is 0 Å². The SMILES string of the molecule is BrC1CCCC2C3NC4NC(NC5NC(NC6NC(NC(N3)C12)C1CCCCC61)C1CCCCC51)C1CCCCC41. The van der Waals surface area contributed by atoms with Gasteiger partial charge in [0.25, 0.3) is 0 Å². The number of rotatable bonds is 0. The molecule has 0 aromatic rings. The van der Waals surface area contributed by atoms with Gasteiger partial charge in [-0.1, -0.05) is 60.9 Å². The van der Waals surface area contributed by atoms with E-state index in [1.54, 1.807) is 0 Å². The molecule has 17 unspecified atom stereocenters. The van der Waals surface area contributed by atoms with Crippen molar-refractivity contribution >= 4 is 15.9 Å². The topological polar surface area (TPSA) is 96.2 Å². The Labute approximate surface area is 255 Å². The van der Waals surface area contributed by atoms with Crippen LogP contribution in [0.15, 0.2) is 0 Å². The molecule has 17 atom stereocenters. The highest BCUT2D eigenvalue weighted by Gasteiger charge is 2.55. The maximum Gasteiger partial charge on any atom is 0.0639 e. The molecular formula is C32H55BrN8. The molecular weight excluding hydrogens is 576 g/mol. The largest absolute Gasteiger partial charge is 0.286 e. The van der Waals surface area contributed by atoms with Crippen LogP contribution in [-0.2, 0) is 0 Å². The molecule has 41 heavy (non-hydrogen) atoms. The Balaban J connectivity index is 1.06. The lowest BCUT2D eigenvalue weighted by Crippen LogP contribution is -2.61. The molecule has 0 radical (unpaired) electrons. The van der Waals surface area contributed by atoms with Gasteiger partial charge in [0.1, 0.15) is 0 Å².